The summed E-state index contributed by atoms with van der Waals surface area (Å²) >= 11 is 0. The van der Waals surface area contributed by atoms with Crippen molar-refractivity contribution in [2.24, 2.45) is 17.3 Å². The first-order valence-corrected chi connectivity index (χ1v) is 11.7. The summed E-state index contributed by atoms with van der Waals surface area (Å²) in [6, 6.07) is 8.05. The fourth-order valence-electron chi connectivity index (χ4n) is 7.17. The van der Waals surface area contributed by atoms with E-state index in [-0.39, 0.29) is 5.41 Å². The third kappa shape index (κ3) is 2.93. The number of rotatable bonds is 3. The van der Waals surface area contributed by atoms with E-state index in [4.69, 9.17) is 0 Å². The highest BCUT2D eigenvalue weighted by atomic mass is 16.1. The SMILES string of the molecule is CCNC1CCN(c2ccc3c(c2)CCC2C3CCC3(C)C(=O)CCC23)CC1. The maximum atomic E-state index is 12.5. The van der Waals surface area contributed by atoms with Gasteiger partial charge in [-0.05, 0) is 92.5 Å². The number of nitrogens with zero attached hydrogens (tertiary/aromatic N) is 1. The smallest absolute Gasteiger partial charge is 0.139 e. The van der Waals surface area contributed by atoms with E-state index in [9.17, 15) is 4.79 Å². The summed E-state index contributed by atoms with van der Waals surface area (Å²) in [5, 5.41) is 3.61. The summed E-state index contributed by atoms with van der Waals surface area (Å²) in [6.07, 6.45) is 9.30. The van der Waals surface area contributed by atoms with E-state index >= 15 is 0 Å². The van der Waals surface area contributed by atoms with Gasteiger partial charge in [0.15, 0.2) is 0 Å². The van der Waals surface area contributed by atoms with Crippen LogP contribution < -0.4 is 10.2 Å². The molecular weight excluding hydrogens is 344 g/mol. The summed E-state index contributed by atoms with van der Waals surface area (Å²) in [5.74, 6) is 2.62. The Morgan fingerprint density at radius 1 is 1.11 bits per heavy atom. The Morgan fingerprint density at radius 3 is 2.71 bits per heavy atom. The van der Waals surface area contributed by atoms with Gasteiger partial charge in [0.25, 0.3) is 0 Å². The van der Waals surface area contributed by atoms with E-state index in [0.717, 1.165) is 31.7 Å². The van der Waals surface area contributed by atoms with Crippen molar-refractivity contribution >= 4 is 11.5 Å². The van der Waals surface area contributed by atoms with Gasteiger partial charge in [-0.3, -0.25) is 4.79 Å². The second kappa shape index (κ2) is 7.16. The monoisotopic (exact) mass is 380 g/mol. The fourth-order valence-corrected chi connectivity index (χ4v) is 7.17. The van der Waals surface area contributed by atoms with Gasteiger partial charge in [0.1, 0.15) is 5.78 Å². The predicted octanol–water partition coefficient (Wildman–Crippen LogP) is 4.69. The fraction of sp³-hybridized carbons (Fsp3) is 0.720. The van der Waals surface area contributed by atoms with Gasteiger partial charge < -0.3 is 10.2 Å². The second-order valence-corrected chi connectivity index (χ2v) is 10.0. The molecule has 3 nitrogen and oxygen atoms in total. The summed E-state index contributed by atoms with van der Waals surface area (Å²) in [6.45, 7) is 7.91. The molecule has 0 aromatic heterocycles. The molecule has 0 radical (unpaired) electrons. The van der Waals surface area contributed by atoms with E-state index in [2.05, 4.69) is 42.3 Å². The quantitative estimate of drug-likeness (QED) is 0.826. The molecule has 4 atom stereocenters. The molecule has 1 aromatic carbocycles. The van der Waals surface area contributed by atoms with Gasteiger partial charge >= 0.3 is 0 Å². The number of fused-ring (bicyclic) bond motifs is 5. The normalized spacial score (nSPS) is 35.4. The molecule has 3 fully saturated rings. The van der Waals surface area contributed by atoms with Gasteiger partial charge in [-0.15, -0.1) is 0 Å². The minimum absolute atomic E-state index is 0.00449. The summed E-state index contributed by atoms with van der Waals surface area (Å²) in [4.78, 5) is 15.1. The largest absolute Gasteiger partial charge is 0.371 e. The van der Waals surface area contributed by atoms with Crippen LogP contribution >= 0.6 is 0 Å². The number of piperidine rings is 1. The Bertz CT molecular complexity index is 751. The number of benzene rings is 1. The minimum atomic E-state index is -0.00449. The first kappa shape index (κ1) is 18.7. The van der Waals surface area contributed by atoms with Crippen LogP contribution in [-0.4, -0.2) is 31.5 Å². The summed E-state index contributed by atoms with van der Waals surface area (Å²) in [7, 11) is 0. The number of carbonyl (C=O) groups is 1. The van der Waals surface area contributed by atoms with Gasteiger partial charge in [0.05, 0.1) is 0 Å². The number of ketones is 1. The van der Waals surface area contributed by atoms with Crippen LogP contribution in [0.5, 0.6) is 0 Å². The molecule has 1 N–H and O–H groups in total. The molecule has 1 aliphatic heterocycles. The number of nitrogens with one attached hydrogen (secondary N) is 1. The first-order valence-electron chi connectivity index (χ1n) is 11.7. The van der Waals surface area contributed by atoms with E-state index < -0.39 is 0 Å². The van der Waals surface area contributed by atoms with Gasteiger partial charge in [-0.1, -0.05) is 19.9 Å². The molecule has 4 unspecified atom stereocenters. The molecule has 152 valence electrons. The number of hydrogen-bond acceptors (Lipinski definition) is 3. The molecule has 2 saturated carbocycles. The van der Waals surface area contributed by atoms with Gasteiger partial charge in [0, 0.05) is 36.7 Å². The molecule has 1 heterocycles. The highest BCUT2D eigenvalue weighted by Gasteiger charge is 2.54. The van der Waals surface area contributed by atoms with Crippen LogP contribution in [0.25, 0.3) is 0 Å². The van der Waals surface area contributed by atoms with Crippen molar-refractivity contribution in [3.05, 3.63) is 29.3 Å². The maximum Gasteiger partial charge on any atom is 0.139 e. The number of Topliss-reactive ketones (excluding diaryl/α,β-unsaturated/α-hetero) is 1. The first-order chi connectivity index (χ1) is 13.6. The van der Waals surface area contributed by atoms with Crippen molar-refractivity contribution in [2.75, 3.05) is 24.5 Å². The molecule has 0 spiro atoms. The zero-order valence-electron chi connectivity index (χ0n) is 17.7. The second-order valence-electron chi connectivity index (χ2n) is 10.0. The Balaban J connectivity index is 1.34. The standard InChI is InChI=1S/C25H36N2O/c1-3-26-18-11-14-27(15-12-18)19-5-7-20-17(16-19)4-6-22-21(20)10-13-25(2)23(22)8-9-24(25)28/h5,7,16,18,21-23,26H,3-4,6,8-15H2,1-2H3. The number of aryl methyl sites for hydroxylation is 1. The molecule has 4 aliphatic rings. The zero-order chi connectivity index (χ0) is 19.3. The lowest BCUT2D eigenvalue weighted by Gasteiger charge is -2.48. The van der Waals surface area contributed by atoms with Gasteiger partial charge in [-0.2, -0.15) is 0 Å². The van der Waals surface area contributed by atoms with Crippen LogP contribution in [-0.2, 0) is 11.2 Å². The van der Waals surface area contributed by atoms with Crippen molar-refractivity contribution in [3.63, 3.8) is 0 Å². The van der Waals surface area contributed by atoms with Crippen LogP contribution in [0, 0.1) is 17.3 Å². The third-order valence-electron chi connectivity index (χ3n) is 8.77. The van der Waals surface area contributed by atoms with E-state index in [1.54, 1.807) is 11.1 Å². The number of carbonyl (C=O) groups excluding carboxylic acids is 1. The molecule has 1 aromatic rings. The molecule has 3 aliphatic carbocycles. The van der Waals surface area contributed by atoms with Crippen molar-refractivity contribution in [2.45, 2.75) is 77.2 Å². The number of hydrogen-bond donors (Lipinski definition) is 1. The lowest BCUT2D eigenvalue weighted by atomic mass is 9.55. The molecule has 0 bridgehead atoms. The Hall–Kier alpha value is -1.35. The van der Waals surface area contributed by atoms with E-state index in [0.29, 0.717) is 23.7 Å². The van der Waals surface area contributed by atoms with Crippen LogP contribution in [0.3, 0.4) is 0 Å². The van der Waals surface area contributed by atoms with Crippen molar-refractivity contribution in [1.82, 2.24) is 5.32 Å². The molecular formula is C25H36N2O. The third-order valence-corrected chi connectivity index (χ3v) is 8.77. The van der Waals surface area contributed by atoms with Crippen LogP contribution in [0.2, 0.25) is 0 Å². The Labute approximate surface area is 170 Å². The minimum Gasteiger partial charge on any atom is -0.371 e. The van der Waals surface area contributed by atoms with Crippen LogP contribution in [0.15, 0.2) is 18.2 Å². The average Bonchev–Trinajstić information content (AvgIpc) is 3.03. The molecule has 1 saturated heterocycles. The lowest BCUT2D eigenvalue weighted by Crippen LogP contribution is -2.43. The Morgan fingerprint density at radius 2 is 1.93 bits per heavy atom. The summed E-state index contributed by atoms with van der Waals surface area (Å²) < 4.78 is 0. The zero-order valence-corrected chi connectivity index (χ0v) is 17.7. The molecule has 28 heavy (non-hydrogen) atoms. The highest BCUT2D eigenvalue weighted by Crippen LogP contribution is 2.59. The van der Waals surface area contributed by atoms with Crippen molar-refractivity contribution in [3.8, 4) is 0 Å². The molecule has 0 amide bonds. The molecule has 3 heteroatoms. The van der Waals surface area contributed by atoms with E-state index in [1.165, 1.54) is 50.9 Å². The highest BCUT2D eigenvalue weighted by molar-refractivity contribution is 5.87. The topological polar surface area (TPSA) is 32.3 Å². The van der Waals surface area contributed by atoms with Gasteiger partial charge in [-0.25, -0.2) is 0 Å². The van der Waals surface area contributed by atoms with Crippen LogP contribution in [0.1, 0.15) is 75.8 Å². The number of anilines is 1. The molecule has 5 rings (SSSR count). The van der Waals surface area contributed by atoms with Crippen LogP contribution in [0.4, 0.5) is 5.69 Å². The Kier molecular flexibility index (Phi) is 4.77. The average molecular weight is 381 g/mol. The van der Waals surface area contributed by atoms with Gasteiger partial charge in [0.2, 0.25) is 0 Å². The lowest BCUT2D eigenvalue weighted by molar-refractivity contribution is -0.129. The predicted molar refractivity (Wildman–Crippen MR) is 115 cm³/mol. The maximum absolute atomic E-state index is 12.5. The van der Waals surface area contributed by atoms with Crippen molar-refractivity contribution < 1.29 is 4.79 Å². The summed E-state index contributed by atoms with van der Waals surface area (Å²) in [5.41, 5.74) is 4.64. The van der Waals surface area contributed by atoms with Crippen molar-refractivity contribution in [1.29, 1.82) is 0 Å². The van der Waals surface area contributed by atoms with E-state index in [1.807, 2.05) is 0 Å².